The standard InChI is InChI=1S/C21H31N3O/c1-3-16-6-4-8-19-18(14-24-21(16)19)9-11-23-20(25)12-15(2)17-7-5-10-22-13-17/h4,6,8,14-15,17,22,24H,3,5,7,9-13H2,1-2H3,(H,23,25). The van der Waals surface area contributed by atoms with Crippen molar-refractivity contribution < 1.29 is 4.79 Å². The number of aryl methyl sites for hydroxylation is 1. The molecule has 25 heavy (non-hydrogen) atoms. The van der Waals surface area contributed by atoms with Crippen LogP contribution in [0.4, 0.5) is 0 Å². The van der Waals surface area contributed by atoms with Gasteiger partial charge < -0.3 is 15.6 Å². The maximum atomic E-state index is 12.2. The number of aromatic nitrogens is 1. The van der Waals surface area contributed by atoms with E-state index in [-0.39, 0.29) is 5.91 Å². The maximum Gasteiger partial charge on any atom is 0.220 e. The summed E-state index contributed by atoms with van der Waals surface area (Å²) >= 11 is 0. The van der Waals surface area contributed by atoms with Crippen LogP contribution < -0.4 is 10.6 Å². The van der Waals surface area contributed by atoms with E-state index in [2.05, 4.69) is 53.9 Å². The Bertz CT molecular complexity index is 700. The second-order valence-corrected chi connectivity index (χ2v) is 7.39. The Kier molecular flexibility index (Phi) is 6.14. The Morgan fingerprint density at radius 2 is 2.24 bits per heavy atom. The third-order valence-corrected chi connectivity index (χ3v) is 5.63. The van der Waals surface area contributed by atoms with E-state index in [1.807, 2.05) is 0 Å². The third kappa shape index (κ3) is 4.43. The summed E-state index contributed by atoms with van der Waals surface area (Å²) in [6.45, 7) is 7.28. The zero-order valence-electron chi connectivity index (χ0n) is 15.5. The van der Waals surface area contributed by atoms with Crippen molar-refractivity contribution in [2.24, 2.45) is 11.8 Å². The number of para-hydroxylation sites is 1. The van der Waals surface area contributed by atoms with Crippen molar-refractivity contribution in [1.82, 2.24) is 15.6 Å². The summed E-state index contributed by atoms with van der Waals surface area (Å²) in [5.41, 5.74) is 3.88. The quantitative estimate of drug-likeness (QED) is 0.723. The molecule has 1 fully saturated rings. The predicted octanol–water partition coefficient (Wildman–Crippen LogP) is 3.41. The topological polar surface area (TPSA) is 56.9 Å². The van der Waals surface area contributed by atoms with Crippen molar-refractivity contribution in [3.8, 4) is 0 Å². The molecule has 3 N–H and O–H groups in total. The Morgan fingerprint density at radius 1 is 1.36 bits per heavy atom. The van der Waals surface area contributed by atoms with E-state index in [9.17, 15) is 4.79 Å². The molecule has 2 unspecified atom stereocenters. The number of benzene rings is 1. The predicted molar refractivity (Wildman–Crippen MR) is 104 cm³/mol. The fraction of sp³-hybridized carbons (Fsp3) is 0.571. The Hall–Kier alpha value is -1.81. The molecule has 0 bridgehead atoms. The summed E-state index contributed by atoms with van der Waals surface area (Å²) in [5, 5.41) is 7.84. The first-order valence-corrected chi connectivity index (χ1v) is 9.74. The van der Waals surface area contributed by atoms with Crippen LogP contribution in [0.25, 0.3) is 10.9 Å². The van der Waals surface area contributed by atoms with Crippen molar-refractivity contribution in [2.75, 3.05) is 19.6 Å². The number of carbonyl (C=O) groups is 1. The number of carbonyl (C=O) groups excluding carboxylic acids is 1. The number of nitrogens with one attached hydrogen (secondary N) is 3. The first-order chi connectivity index (χ1) is 12.2. The van der Waals surface area contributed by atoms with E-state index in [4.69, 9.17) is 0 Å². The second-order valence-electron chi connectivity index (χ2n) is 7.39. The molecule has 1 aromatic carbocycles. The van der Waals surface area contributed by atoms with Gasteiger partial charge in [-0.15, -0.1) is 0 Å². The zero-order chi connectivity index (χ0) is 17.6. The monoisotopic (exact) mass is 341 g/mol. The Labute approximate surface area is 150 Å². The molecule has 2 aromatic rings. The van der Waals surface area contributed by atoms with Crippen LogP contribution in [0, 0.1) is 11.8 Å². The summed E-state index contributed by atoms with van der Waals surface area (Å²) in [7, 11) is 0. The molecule has 0 saturated carbocycles. The van der Waals surface area contributed by atoms with Crippen LogP contribution in [0.15, 0.2) is 24.4 Å². The minimum absolute atomic E-state index is 0.187. The van der Waals surface area contributed by atoms with Gasteiger partial charge in [0, 0.05) is 30.1 Å². The van der Waals surface area contributed by atoms with Gasteiger partial charge in [0.1, 0.15) is 0 Å². The van der Waals surface area contributed by atoms with Gasteiger partial charge in [0.25, 0.3) is 0 Å². The molecule has 1 aromatic heterocycles. The summed E-state index contributed by atoms with van der Waals surface area (Å²) in [5.74, 6) is 1.28. The SMILES string of the molecule is CCc1cccc2c(CCNC(=O)CC(C)C3CCCNC3)c[nH]c12. The highest BCUT2D eigenvalue weighted by atomic mass is 16.1. The highest BCUT2D eigenvalue weighted by Gasteiger charge is 2.21. The van der Waals surface area contributed by atoms with E-state index in [0.717, 1.165) is 25.9 Å². The van der Waals surface area contributed by atoms with E-state index in [1.54, 1.807) is 0 Å². The average molecular weight is 341 g/mol. The second kappa shape index (κ2) is 8.52. The average Bonchev–Trinajstić information content (AvgIpc) is 3.05. The molecule has 2 heterocycles. The minimum atomic E-state index is 0.187. The molecule has 1 aliphatic heterocycles. The van der Waals surface area contributed by atoms with Crippen LogP contribution in [0.1, 0.15) is 44.2 Å². The molecule has 3 rings (SSSR count). The van der Waals surface area contributed by atoms with Crippen LogP contribution in [-0.2, 0) is 17.6 Å². The van der Waals surface area contributed by atoms with Gasteiger partial charge in [-0.3, -0.25) is 4.79 Å². The largest absolute Gasteiger partial charge is 0.361 e. The Balaban J connectivity index is 1.48. The molecule has 1 amide bonds. The van der Waals surface area contributed by atoms with Crippen molar-refractivity contribution in [1.29, 1.82) is 0 Å². The highest BCUT2D eigenvalue weighted by Crippen LogP contribution is 2.23. The van der Waals surface area contributed by atoms with Crippen LogP contribution >= 0.6 is 0 Å². The van der Waals surface area contributed by atoms with E-state index >= 15 is 0 Å². The van der Waals surface area contributed by atoms with Crippen LogP contribution in [0.2, 0.25) is 0 Å². The van der Waals surface area contributed by atoms with Gasteiger partial charge in [-0.1, -0.05) is 32.0 Å². The zero-order valence-corrected chi connectivity index (χ0v) is 15.5. The van der Waals surface area contributed by atoms with Crippen LogP contribution in [0.3, 0.4) is 0 Å². The fourth-order valence-electron chi connectivity index (χ4n) is 4.01. The molecule has 4 nitrogen and oxygen atoms in total. The number of piperidine rings is 1. The highest BCUT2D eigenvalue weighted by molar-refractivity contribution is 5.86. The van der Waals surface area contributed by atoms with E-state index < -0.39 is 0 Å². The molecular formula is C21H31N3O. The van der Waals surface area contributed by atoms with Gasteiger partial charge in [-0.05, 0) is 61.7 Å². The van der Waals surface area contributed by atoms with Crippen molar-refractivity contribution in [2.45, 2.75) is 46.0 Å². The molecule has 2 atom stereocenters. The van der Waals surface area contributed by atoms with Gasteiger partial charge in [-0.25, -0.2) is 0 Å². The maximum absolute atomic E-state index is 12.2. The van der Waals surface area contributed by atoms with Gasteiger partial charge in [-0.2, -0.15) is 0 Å². The molecule has 1 saturated heterocycles. The molecule has 4 heteroatoms. The lowest BCUT2D eigenvalue weighted by atomic mass is 9.85. The minimum Gasteiger partial charge on any atom is -0.361 e. The molecule has 0 radical (unpaired) electrons. The van der Waals surface area contributed by atoms with Gasteiger partial charge >= 0.3 is 0 Å². The van der Waals surface area contributed by atoms with Gasteiger partial charge in [0.15, 0.2) is 0 Å². The number of H-pyrrole nitrogens is 1. The Morgan fingerprint density at radius 3 is 3.00 bits per heavy atom. The number of rotatable bonds is 7. The summed E-state index contributed by atoms with van der Waals surface area (Å²) in [6.07, 6.45) is 7.11. The van der Waals surface area contributed by atoms with Crippen molar-refractivity contribution >= 4 is 16.8 Å². The molecule has 0 aliphatic carbocycles. The lowest BCUT2D eigenvalue weighted by Gasteiger charge is -2.28. The first-order valence-electron chi connectivity index (χ1n) is 9.74. The summed E-state index contributed by atoms with van der Waals surface area (Å²) < 4.78 is 0. The third-order valence-electron chi connectivity index (χ3n) is 5.63. The van der Waals surface area contributed by atoms with Crippen LogP contribution in [-0.4, -0.2) is 30.5 Å². The fourth-order valence-corrected chi connectivity index (χ4v) is 4.01. The van der Waals surface area contributed by atoms with E-state index in [1.165, 1.54) is 34.9 Å². The summed E-state index contributed by atoms with van der Waals surface area (Å²) in [4.78, 5) is 15.7. The molecule has 136 valence electrons. The summed E-state index contributed by atoms with van der Waals surface area (Å²) in [6, 6.07) is 6.46. The number of hydrogen-bond donors (Lipinski definition) is 3. The van der Waals surface area contributed by atoms with Crippen molar-refractivity contribution in [3.05, 3.63) is 35.5 Å². The molecular weight excluding hydrogens is 310 g/mol. The van der Waals surface area contributed by atoms with Gasteiger partial charge in [0.2, 0.25) is 5.91 Å². The number of fused-ring (bicyclic) bond motifs is 1. The number of amides is 1. The van der Waals surface area contributed by atoms with E-state index in [0.29, 0.717) is 24.8 Å². The van der Waals surface area contributed by atoms with Crippen molar-refractivity contribution in [3.63, 3.8) is 0 Å². The van der Waals surface area contributed by atoms with Crippen LogP contribution in [0.5, 0.6) is 0 Å². The normalized spacial score (nSPS) is 19.0. The van der Waals surface area contributed by atoms with Gasteiger partial charge in [0.05, 0.1) is 0 Å². The number of aromatic amines is 1. The number of hydrogen-bond acceptors (Lipinski definition) is 2. The lowest BCUT2D eigenvalue weighted by molar-refractivity contribution is -0.122. The first kappa shape index (κ1) is 18.0. The lowest BCUT2D eigenvalue weighted by Crippen LogP contribution is -2.36. The molecule has 1 aliphatic rings. The smallest absolute Gasteiger partial charge is 0.220 e. The molecule has 0 spiro atoms.